The first-order valence-corrected chi connectivity index (χ1v) is 7.61. The highest BCUT2D eigenvalue weighted by Gasteiger charge is 2.24. The standard InChI is InChI=1S/C12H19N3OS/c1-3-9(8-13-5-1)7-11-14-12(15-16-11)10-4-2-6-17-10/h9-10,13H,1-8H2. The predicted molar refractivity (Wildman–Crippen MR) is 68.0 cm³/mol. The topological polar surface area (TPSA) is 51.0 Å². The number of nitrogens with zero attached hydrogens (tertiary/aromatic N) is 2. The fraction of sp³-hybridized carbons (Fsp3) is 0.833. The molecule has 2 fully saturated rings. The monoisotopic (exact) mass is 253 g/mol. The Labute approximate surface area is 106 Å². The molecular weight excluding hydrogens is 234 g/mol. The van der Waals surface area contributed by atoms with E-state index in [0.29, 0.717) is 11.2 Å². The van der Waals surface area contributed by atoms with Crippen molar-refractivity contribution in [3.8, 4) is 0 Å². The normalized spacial score (nSPS) is 29.6. The van der Waals surface area contributed by atoms with Crippen molar-refractivity contribution in [1.82, 2.24) is 15.5 Å². The molecule has 2 aliphatic heterocycles. The maximum absolute atomic E-state index is 5.38. The van der Waals surface area contributed by atoms with Crippen LogP contribution in [0.5, 0.6) is 0 Å². The Balaban J connectivity index is 1.59. The Hall–Kier alpha value is -0.550. The Morgan fingerprint density at radius 3 is 3.12 bits per heavy atom. The molecule has 0 radical (unpaired) electrons. The van der Waals surface area contributed by atoms with Gasteiger partial charge in [0.15, 0.2) is 5.82 Å². The van der Waals surface area contributed by atoms with Gasteiger partial charge in [-0.1, -0.05) is 5.16 Å². The van der Waals surface area contributed by atoms with E-state index in [1.54, 1.807) is 0 Å². The number of hydrogen-bond acceptors (Lipinski definition) is 5. The molecule has 0 amide bonds. The maximum Gasteiger partial charge on any atom is 0.227 e. The molecule has 1 aromatic heterocycles. The van der Waals surface area contributed by atoms with Gasteiger partial charge >= 0.3 is 0 Å². The van der Waals surface area contributed by atoms with Crippen molar-refractivity contribution in [1.29, 1.82) is 0 Å². The van der Waals surface area contributed by atoms with E-state index in [4.69, 9.17) is 4.52 Å². The fourth-order valence-corrected chi connectivity index (χ4v) is 3.80. The highest BCUT2D eigenvalue weighted by atomic mass is 32.2. The van der Waals surface area contributed by atoms with Crippen molar-refractivity contribution in [2.24, 2.45) is 5.92 Å². The number of thioether (sulfide) groups is 1. The fourth-order valence-electron chi connectivity index (χ4n) is 2.61. The molecule has 94 valence electrons. The lowest BCUT2D eigenvalue weighted by Crippen LogP contribution is -2.30. The molecule has 0 aromatic carbocycles. The van der Waals surface area contributed by atoms with Crippen LogP contribution in [-0.2, 0) is 6.42 Å². The predicted octanol–water partition coefficient (Wildman–Crippen LogP) is 2.18. The van der Waals surface area contributed by atoms with Crippen LogP contribution in [0.15, 0.2) is 4.52 Å². The van der Waals surface area contributed by atoms with E-state index in [2.05, 4.69) is 15.5 Å². The van der Waals surface area contributed by atoms with Gasteiger partial charge in [-0.05, 0) is 50.4 Å². The molecule has 1 aromatic rings. The summed E-state index contributed by atoms with van der Waals surface area (Å²) in [6.45, 7) is 2.25. The molecule has 5 heteroatoms. The van der Waals surface area contributed by atoms with Gasteiger partial charge in [-0.15, -0.1) is 0 Å². The minimum Gasteiger partial charge on any atom is -0.339 e. The summed E-state index contributed by atoms with van der Waals surface area (Å²) in [7, 11) is 0. The quantitative estimate of drug-likeness (QED) is 0.894. The summed E-state index contributed by atoms with van der Waals surface area (Å²) in [6.07, 6.45) is 5.98. The second kappa shape index (κ2) is 5.40. The van der Waals surface area contributed by atoms with Crippen LogP contribution in [0.4, 0.5) is 0 Å². The molecule has 0 bridgehead atoms. The van der Waals surface area contributed by atoms with Crippen molar-refractivity contribution in [2.75, 3.05) is 18.8 Å². The molecule has 2 aliphatic rings. The first kappa shape index (κ1) is 11.5. The van der Waals surface area contributed by atoms with E-state index in [-0.39, 0.29) is 0 Å². The Morgan fingerprint density at radius 1 is 1.35 bits per heavy atom. The van der Waals surface area contributed by atoms with E-state index in [1.165, 1.54) is 31.4 Å². The number of piperidine rings is 1. The average molecular weight is 253 g/mol. The largest absolute Gasteiger partial charge is 0.339 e. The van der Waals surface area contributed by atoms with Crippen LogP contribution in [0.25, 0.3) is 0 Å². The molecule has 0 spiro atoms. The lowest BCUT2D eigenvalue weighted by Gasteiger charge is -2.20. The summed E-state index contributed by atoms with van der Waals surface area (Å²) in [5.41, 5.74) is 0. The third-order valence-corrected chi connectivity index (χ3v) is 4.94. The Bertz CT molecular complexity index is 356. The molecule has 1 N–H and O–H groups in total. The molecule has 0 saturated carbocycles. The zero-order valence-corrected chi connectivity index (χ0v) is 10.8. The maximum atomic E-state index is 5.38. The molecule has 2 atom stereocenters. The molecule has 3 rings (SSSR count). The summed E-state index contributed by atoms with van der Waals surface area (Å²) < 4.78 is 5.38. The molecule has 17 heavy (non-hydrogen) atoms. The summed E-state index contributed by atoms with van der Waals surface area (Å²) in [5.74, 6) is 3.67. The summed E-state index contributed by atoms with van der Waals surface area (Å²) in [4.78, 5) is 4.56. The Morgan fingerprint density at radius 2 is 2.35 bits per heavy atom. The minimum atomic E-state index is 0.483. The number of nitrogens with one attached hydrogen (secondary N) is 1. The lowest BCUT2D eigenvalue weighted by molar-refractivity contribution is 0.314. The number of hydrogen-bond donors (Lipinski definition) is 1. The second-order valence-corrected chi connectivity index (χ2v) is 6.28. The van der Waals surface area contributed by atoms with Crippen molar-refractivity contribution < 1.29 is 4.52 Å². The summed E-state index contributed by atoms with van der Waals surface area (Å²) in [6, 6.07) is 0. The van der Waals surface area contributed by atoms with Crippen molar-refractivity contribution in [3.63, 3.8) is 0 Å². The van der Waals surface area contributed by atoms with Gasteiger partial charge in [-0.3, -0.25) is 0 Å². The highest BCUT2D eigenvalue weighted by Crippen LogP contribution is 2.38. The molecule has 3 heterocycles. The van der Waals surface area contributed by atoms with E-state index < -0.39 is 0 Å². The summed E-state index contributed by atoms with van der Waals surface area (Å²) in [5, 5.41) is 8.04. The van der Waals surface area contributed by atoms with Gasteiger partial charge in [-0.2, -0.15) is 16.7 Å². The van der Waals surface area contributed by atoms with Gasteiger partial charge in [-0.25, -0.2) is 0 Å². The van der Waals surface area contributed by atoms with Crippen LogP contribution in [-0.4, -0.2) is 29.0 Å². The van der Waals surface area contributed by atoms with E-state index in [9.17, 15) is 0 Å². The highest BCUT2D eigenvalue weighted by molar-refractivity contribution is 7.99. The first-order chi connectivity index (χ1) is 8.42. The molecular formula is C12H19N3OS. The van der Waals surface area contributed by atoms with Crippen LogP contribution < -0.4 is 5.32 Å². The average Bonchev–Trinajstić information content (AvgIpc) is 3.00. The third kappa shape index (κ3) is 2.83. The zero-order chi connectivity index (χ0) is 11.5. The van der Waals surface area contributed by atoms with Gasteiger partial charge in [0.25, 0.3) is 0 Å². The van der Waals surface area contributed by atoms with E-state index >= 15 is 0 Å². The van der Waals surface area contributed by atoms with Gasteiger partial charge in [0, 0.05) is 6.42 Å². The molecule has 2 saturated heterocycles. The van der Waals surface area contributed by atoms with Crippen molar-refractivity contribution >= 4 is 11.8 Å². The van der Waals surface area contributed by atoms with E-state index in [0.717, 1.165) is 31.2 Å². The molecule has 4 nitrogen and oxygen atoms in total. The third-order valence-electron chi connectivity index (χ3n) is 3.56. The summed E-state index contributed by atoms with van der Waals surface area (Å²) >= 11 is 1.96. The van der Waals surface area contributed by atoms with Crippen LogP contribution in [0, 0.1) is 5.92 Å². The zero-order valence-electron chi connectivity index (χ0n) is 10.0. The van der Waals surface area contributed by atoms with Crippen LogP contribution in [0.1, 0.15) is 42.6 Å². The Kier molecular flexibility index (Phi) is 3.66. The number of rotatable bonds is 3. The van der Waals surface area contributed by atoms with E-state index in [1.807, 2.05) is 11.8 Å². The first-order valence-electron chi connectivity index (χ1n) is 6.56. The SMILES string of the molecule is C1CNCC(Cc2nc(C3CCCS3)no2)C1. The molecule has 0 aliphatic carbocycles. The smallest absolute Gasteiger partial charge is 0.227 e. The van der Waals surface area contributed by atoms with Crippen LogP contribution in [0.3, 0.4) is 0 Å². The minimum absolute atomic E-state index is 0.483. The van der Waals surface area contributed by atoms with Gasteiger partial charge in [0.05, 0.1) is 5.25 Å². The molecule has 2 unspecified atom stereocenters. The second-order valence-electron chi connectivity index (χ2n) is 4.96. The van der Waals surface area contributed by atoms with Crippen LogP contribution >= 0.6 is 11.8 Å². The van der Waals surface area contributed by atoms with Crippen LogP contribution in [0.2, 0.25) is 0 Å². The van der Waals surface area contributed by atoms with Crippen molar-refractivity contribution in [2.45, 2.75) is 37.4 Å². The van der Waals surface area contributed by atoms with Gasteiger partial charge < -0.3 is 9.84 Å². The van der Waals surface area contributed by atoms with Crippen molar-refractivity contribution in [3.05, 3.63) is 11.7 Å². The van der Waals surface area contributed by atoms with Gasteiger partial charge in [0.1, 0.15) is 0 Å². The number of aromatic nitrogens is 2. The van der Waals surface area contributed by atoms with Gasteiger partial charge in [0.2, 0.25) is 5.89 Å². The lowest BCUT2D eigenvalue weighted by atomic mass is 9.96.